The van der Waals surface area contributed by atoms with Gasteiger partial charge in [-0.3, -0.25) is 0 Å². The van der Waals surface area contributed by atoms with Crippen LogP contribution in [-0.4, -0.2) is 19.3 Å². The molecule has 118 valence electrons. The Balaban J connectivity index is 2.03. The predicted molar refractivity (Wildman–Crippen MR) is 85.6 cm³/mol. The second kappa shape index (κ2) is 7.71. The standard InChI is InChI=1S/C18H22O4/c1-4-18(19)14-5-7-15(8-6-14)22-12-13-9-16(20-2)11-17(10-13)21-3/h5-11,18-19H,4,12H2,1-3H3/t18-/m1/s1. The Kier molecular flexibility index (Phi) is 5.67. The van der Waals surface area contributed by atoms with E-state index in [4.69, 9.17) is 14.2 Å². The Morgan fingerprint density at radius 3 is 2.00 bits per heavy atom. The molecule has 0 aromatic heterocycles. The number of rotatable bonds is 7. The third-order valence-electron chi connectivity index (χ3n) is 3.47. The summed E-state index contributed by atoms with van der Waals surface area (Å²) >= 11 is 0. The number of aliphatic hydroxyl groups excluding tert-OH is 1. The summed E-state index contributed by atoms with van der Waals surface area (Å²) in [6, 6.07) is 13.2. The lowest BCUT2D eigenvalue weighted by Crippen LogP contribution is -1.98. The fourth-order valence-electron chi connectivity index (χ4n) is 2.14. The van der Waals surface area contributed by atoms with Crippen molar-refractivity contribution in [2.75, 3.05) is 14.2 Å². The highest BCUT2D eigenvalue weighted by atomic mass is 16.5. The van der Waals surface area contributed by atoms with E-state index in [1.165, 1.54) is 0 Å². The predicted octanol–water partition coefficient (Wildman–Crippen LogP) is 3.73. The van der Waals surface area contributed by atoms with Crippen LogP contribution in [0.4, 0.5) is 0 Å². The van der Waals surface area contributed by atoms with E-state index in [2.05, 4.69) is 0 Å². The largest absolute Gasteiger partial charge is 0.497 e. The minimum atomic E-state index is -0.420. The molecule has 0 amide bonds. The van der Waals surface area contributed by atoms with Gasteiger partial charge < -0.3 is 19.3 Å². The summed E-state index contributed by atoms with van der Waals surface area (Å²) in [5, 5.41) is 9.77. The maximum absolute atomic E-state index is 9.77. The van der Waals surface area contributed by atoms with Gasteiger partial charge in [0.25, 0.3) is 0 Å². The molecule has 1 atom stereocenters. The smallest absolute Gasteiger partial charge is 0.122 e. The first-order valence-corrected chi connectivity index (χ1v) is 7.29. The fourth-order valence-corrected chi connectivity index (χ4v) is 2.14. The lowest BCUT2D eigenvalue weighted by atomic mass is 10.1. The van der Waals surface area contributed by atoms with E-state index in [0.717, 1.165) is 28.4 Å². The van der Waals surface area contributed by atoms with Crippen molar-refractivity contribution in [1.29, 1.82) is 0 Å². The first-order valence-electron chi connectivity index (χ1n) is 7.29. The van der Waals surface area contributed by atoms with Crippen molar-refractivity contribution in [3.63, 3.8) is 0 Å². The maximum atomic E-state index is 9.77. The molecular formula is C18H22O4. The summed E-state index contributed by atoms with van der Waals surface area (Å²) in [7, 11) is 3.24. The highest BCUT2D eigenvalue weighted by Crippen LogP contribution is 2.24. The highest BCUT2D eigenvalue weighted by molar-refractivity contribution is 5.38. The van der Waals surface area contributed by atoms with Gasteiger partial charge in [-0.05, 0) is 41.8 Å². The molecule has 2 aromatic rings. The monoisotopic (exact) mass is 302 g/mol. The van der Waals surface area contributed by atoms with Crippen LogP contribution in [0.2, 0.25) is 0 Å². The zero-order valence-corrected chi connectivity index (χ0v) is 13.2. The minimum Gasteiger partial charge on any atom is -0.497 e. The molecule has 4 heteroatoms. The molecule has 0 saturated heterocycles. The average Bonchev–Trinajstić information content (AvgIpc) is 2.59. The molecule has 0 aliphatic carbocycles. The molecule has 0 bridgehead atoms. The van der Waals surface area contributed by atoms with Crippen LogP contribution in [0.25, 0.3) is 0 Å². The Bertz CT molecular complexity index is 570. The Morgan fingerprint density at radius 2 is 1.50 bits per heavy atom. The molecule has 0 radical (unpaired) electrons. The van der Waals surface area contributed by atoms with Gasteiger partial charge in [-0.15, -0.1) is 0 Å². The fraction of sp³-hybridized carbons (Fsp3) is 0.333. The molecule has 2 aromatic carbocycles. The van der Waals surface area contributed by atoms with Crippen LogP contribution in [0.3, 0.4) is 0 Å². The second-order valence-corrected chi connectivity index (χ2v) is 5.00. The van der Waals surface area contributed by atoms with Gasteiger partial charge >= 0.3 is 0 Å². The topological polar surface area (TPSA) is 47.9 Å². The van der Waals surface area contributed by atoms with Crippen LogP contribution < -0.4 is 14.2 Å². The molecule has 0 unspecified atom stereocenters. The van der Waals surface area contributed by atoms with Gasteiger partial charge in [-0.25, -0.2) is 0 Å². The van der Waals surface area contributed by atoms with E-state index in [9.17, 15) is 5.11 Å². The molecule has 1 N–H and O–H groups in total. The van der Waals surface area contributed by atoms with Crippen LogP contribution in [-0.2, 0) is 6.61 Å². The maximum Gasteiger partial charge on any atom is 0.122 e. The quantitative estimate of drug-likeness (QED) is 0.846. The first kappa shape index (κ1) is 16.2. The van der Waals surface area contributed by atoms with E-state index in [1.807, 2.05) is 49.4 Å². The molecule has 2 rings (SSSR count). The van der Waals surface area contributed by atoms with Crippen LogP contribution in [0.1, 0.15) is 30.6 Å². The summed E-state index contributed by atoms with van der Waals surface area (Å²) in [6.07, 6.45) is 0.278. The number of aliphatic hydroxyl groups is 1. The molecule has 0 aliphatic heterocycles. The highest BCUT2D eigenvalue weighted by Gasteiger charge is 2.06. The van der Waals surface area contributed by atoms with Crippen molar-refractivity contribution >= 4 is 0 Å². The summed E-state index contributed by atoms with van der Waals surface area (Å²) in [5.41, 5.74) is 1.87. The van der Waals surface area contributed by atoms with Crippen LogP contribution in [0.5, 0.6) is 17.2 Å². The number of benzene rings is 2. The number of methoxy groups -OCH3 is 2. The Labute approximate surface area is 131 Å². The van der Waals surface area contributed by atoms with Crippen LogP contribution >= 0.6 is 0 Å². The van der Waals surface area contributed by atoms with Crippen molar-refractivity contribution in [3.8, 4) is 17.2 Å². The van der Waals surface area contributed by atoms with E-state index < -0.39 is 6.10 Å². The van der Waals surface area contributed by atoms with Crippen molar-refractivity contribution in [2.24, 2.45) is 0 Å². The molecule has 0 saturated carbocycles. The normalized spacial score (nSPS) is 11.8. The van der Waals surface area contributed by atoms with Gasteiger partial charge in [0.05, 0.1) is 20.3 Å². The summed E-state index contributed by atoms with van der Waals surface area (Å²) in [4.78, 5) is 0. The van der Waals surface area contributed by atoms with E-state index >= 15 is 0 Å². The molecule has 0 heterocycles. The molecule has 0 aliphatic rings. The van der Waals surface area contributed by atoms with Crippen LogP contribution in [0, 0.1) is 0 Å². The molecular weight excluding hydrogens is 280 g/mol. The average molecular weight is 302 g/mol. The van der Waals surface area contributed by atoms with Gasteiger partial charge in [0.15, 0.2) is 0 Å². The minimum absolute atomic E-state index is 0.420. The zero-order valence-electron chi connectivity index (χ0n) is 13.2. The van der Waals surface area contributed by atoms with Crippen molar-refractivity contribution in [2.45, 2.75) is 26.1 Å². The molecule has 22 heavy (non-hydrogen) atoms. The Hall–Kier alpha value is -2.20. The summed E-state index contributed by atoms with van der Waals surface area (Å²) in [6.45, 7) is 2.37. The third kappa shape index (κ3) is 4.15. The van der Waals surface area contributed by atoms with Crippen LogP contribution in [0.15, 0.2) is 42.5 Å². The Morgan fingerprint density at radius 1 is 0.909 bits per heavy atom. The first-order chi connectivity index (χ1) is 10.7. The van der Waals surface area contributed by atoms with Gasteiger partial charge in [0, 0.05) is 6.07 Å². The van der Waals surface area contributed by atoms with Gasteiger partial charge in [0.1, 0.15) is 23.9 Å². The van der Waals surface area contributed by atoms with E-state index in [-0.39, 0.29) is 0 Å². The van der Waals surface area contributed by atoms with E-state index in [0.29, 0.717) is 13.0 Å². The zero-order chi connectivity index (χ0) is 15.9. The third-order valence-corrected chi connectivity index (χ3v) is 3.47. The van der Waals surface area contributed by atoms with Crippen molar-refractivity contribution < 1.29 is 19.3 Å². The SMILES string of the molecule is CC[C@@H](O)c1ccc(OCc2cc(OC)cc(OC)c2)cc1. The number of hydrogen-bond acceptors (Lipinski definition) is 4. The molecule has 4 nitrogen and oxygen atoms in total. The van der Waals surface area contributed by atoms with Gasteiger partial charge in [-0.1, -0.05) is 19.1 Å². The second-order valence-electron chi connectivity index (χ2n) is 5.00. The summed E-state index contributed by atoms with van der Waals surface area (Å²) in [5.74, 6) is 2.23. The van der Waals surface area contributed by atoms with Gasteiger partial charge in [-0.2, -0.15) is 0 Å². The number of ether oxygens (including phenoxy) is 3. The van der Waals surface area contributed by atoms with Crippen molar-refractivity contribution in [3.05, 3.63) is 53.6 Å². The lowest BCUT2D eigenvalue weighted by Gasteiger charge is -2.11. The number of hydrogen-bond donors (Lipinski definition) is 1. The lowest BCUT2D eigenvalue weighted by molar-refractivity contribution is 0.173. The van der Waals surface area contributed by atoms with Gasteiger partial charge in [0.2, 0.25) is 0 Å². The summed E-state index contributed by atoms with van der Waals surface area (Å²) < 4.78 is 16.2. The van der Waals surface area contributed by atoms with E-state index in [1.54, 1.807) is 14.2 Å². The van der Waals surface area contributed by atoms with Crippen molar-refractivity contribution in [1.82, 2.24) is 0 Å². The molecule has 0 fully saturated rings. The molecule has 0 spiro atoms.